The van der Waals surface area contributed by atoms with E-state index in [4.69, 9.17) is 5.11 Å². The van der Waals surface area contributed by atoms with Crippen LogP contribution in [0.2, 0.25) is 0 Å². The molecule has 88 valence electrons. The Balaban J connectivity index is 2.80. The molecule has 0 amide bonds. The molecule has 1 N–H and O–H groups in total. The zero-order valence-electron chi connectivity index (χ0n) is 9.04. The normalized spacial score (nSPS) is 12.4. The average molecular weight is 289 g/mol. The molecule has 0 fully saturated rings. The van der Waals surface area contributed by atoms with Crippen LogP contribution in [-0.4, -0.2) is 11.1 Å². The molecule has 4 heteroatoms. The van der Waals surface area contributed by atoms with Crippen LogP contribution in [0.3, 0.4) is 0 Å². The number of rotatable bonds is 5. The van der Waals surface area contributed by atoms with Crippen LogP contribution in [0.25, 0.3) is 0 Å². The summed E-state index contributed by atoms with van der Waals surface area (Å²) < 4.78 is 13.7. The maximum absolute atomic E-state index is 13.1. The van der Waals surface area contributed by atoms with Gasteiger partial charge in [0.15, 0.2) is 0 Å². The predicted octanol–water partition coefficient (Wildman–Crippen LogP) is 3.63. The van der Waals surface area contributed by atoms with Crippen molar-refractivity contribution in [2.24, 2.45) is 5.92 Å². The minimum absolute atomic E-state index is 0.343. The molecular formula is C12H14BrFO2. The number of hydrogen-bond donors (Lipinski definition) is 1. The van der Waals surface area contributed by atoms with E-state index in [0.29, 0.717) is 22.9 Å². The van der Waals surface area contributed by atoms with Crippen molar-refractivity contribution in [3.05, 3.63) is 34.1 Å². The molecule has 1 aromatic carbocycles. The summed E-state index contributed by atoms with van der Waals surface area (Å²) in [5, 5.41) is 9.00. The van der Waals surface area contributed by atoms with Crippen LogP contribution in [-0.2, 0) is 11.2 Å². The highest BCUT2D eigenvalue weighted by molar-refractivity contribution is 9.10. The lowest BCUT2D eigenvalue weighted by Gasteiger charge is -2.11. The Labute approximate surface area is 103 Å². The minimum atomic E-state index is -0.817. The van der Waals surface area contributed by atoms with Gasteiger partial charge < -0.3 is 5.11 Å². The first-order valence-corrected chi connectivity index (χ1v) is 6.00. The van der Waals surface area contributed by atoms with E-state index < -0.39 is 11.9 Å². The zero-order chi connectivity index (χ0) is 12.1. The third-order valence-electron chi connectivity index (χ3n) is 2.39. The Morgan fingerprint density at radius 3 is 2.69 bits per heavy atom. The molecule has 1 atom stereocenters. The van der Waals surface area contributed by atoms with Gasteiger partial charge in [-0.05, 0) is 36.6 Å². The fraction of sp³-hybridized carbons (Fsp3) is 0.417. The van der Waals surface area contributed by atoms with E-state index in [1.165, 1.54) is 12.1 Å². The molecule has 1 unspecified atom stereocenters. The number of aliphatic carboxylic acids is 1. The molecule has 0 radical (unpaired) electrons. The largest absolute Gasteiger partial charge is 0.481 e. The molecule has 0 heterocycles. The van der Waals surface area contributed by atoms with Crippen LogP contribution in [0, 0.1) is 11.7 Å². The van der Waals surface area contributed by atoms with E-state index >= 15 is 0 Å². The van der Waals surface area contributed by atoms with E-state index in [2.05, 4.69) is 15.9 Å². The lowest BCUT2D eigenvalue weighted by atomic mass is 9.95. The second kappa shape index (κ2) is 5.99. The van der Waals surface area contributed by atoms with Gasteiger partial charge in [-0.2, -0.15) is 0 Å². The van der Waals surface area contributed by atoms with Crippen molar-refractivity contribution < 1.29 is 14.3 Å². The van der Waals surface area contributed by atoms with Crippen LogP contribution in [0.15, 0.2) is 22.7 Å². The van der Waals surface area contributed by atoms with Crippen LogP contribution < -0.4 is 0 Å². The first-order valence-electron chi connectivity index (χ1n) is 5.20. The highest BCUT2D eigenvalue weighted by Gasteiger charge is 2.17. The van der Waals surface area contributed by atoms with Crippen LogP contribution in [0.4, 0.5) is 4.39 Å². The van der Waals surface area contributed by atoms with Gasteiger partial charge in [0.1, 0.15) is 5.82 Å². The summed E-state index contributed by atoms with van der Waals surface area (Å²) in [5.74, 6) is -1.59. The van der Waals surface area contributed by atoms with Gasteiger partial charge in [-0.1, -0.05) is 29.3 Å². The van der Waals surface area contributed by atoms with Gasteiger partial charge in [-0.25, -0.2) is 4.39 Å². The first-order chi connectivity index (χ1) is 7.52. The Kier molecular flexibility index (Phi) is 4.93. The molecule has 1 rings (SSSR count). The van der Waals surface area contributed by atoms with Crippen LogP contribution in [0.1, 0.15) is 25.3 Å². The van der Waals surface area contributed by atoms with E-state index in [0.717, 1.165) is 6.42 Å². The van der Waals surface area contributed by atoms with Gasteiger partial charge in [-0.15, -0.1) is 0 Å². The van der Waals surface area contributed by atoms with Gasteiger partial charge in [0.25, 0.3) is 0 Å². The van der Waals surface area contributed by atoms with Gasteiger partial charge >= 0.3 is 5.97 Å². The zero-order valence-corrected chi connectivity index (χ0v) is 10.6. The molecule has 0 aliphatic rings. The van der Waals surface area contributed by atoms with Crippen molar-refractivity contribution in [1.82, 2.24) is 0 Å². The lowest BCUT2D eigenvalue weighted by Crippen LogP contribution is -2.16. The minimum Gasteiger partial charge on any atom is -0.481 e. The molecule has 16 heavy (non-hydrogen) atoms. The highest BCUT2D eigenvalue weighted by Crippen LogP contribution is 2.20. The molecule has 2 nitrogen and oxygen atoms in total. The molecule has 0 aromatic heterocycles. The Bertz CT molecular complexity index is 359. The maximum atomic E-state index is 13.1. The average Bonchev–Trinajstić information content (AvgIpc) is 2.15. The molecule has 0 spiro atoms. The van der Waals surface area contributed by atoms with E-state index in [-0.39, 0.29) is 5.82 Å². The van der Waals surface area contributed by atoms with Crippen molar-refractivity contribution in [2.45, 2.75) is 26.2 Å². The van der Waals surface area contributed by atoms with E-state index in [9.17, 15) is 9.18 Å². The number of hydrogen-bond acceptors (Lipinski definition) is 1. The number of carboxylic acid groups (broad SMARTS) is 1. The molecule has 0 bridgehead atoms. The second-order valence-electron chi connectivity index (χ2n) is 3.81. The van der Waals surface area contributed by atoms with Crippen molar-refractivity contribution in [1.29, 1.82) is 0 Å². The first kappa shape index (κ1) is 13.2. The van der Waals surface area contributed by atoms with Gasteiger partial charge in [-0.3, -0.25) is 4.79 Å². The number of halogens is 2. The molecule has 0 aliphatic heterocycles. The van der Waals surface area contributed by atoms with E-state index in [1.54, 1.807) is 6.07 Å². The van der Waals surface area contributed by atoms with Gasteiger partial charge in [0.2, 0.25) is 0 Å². The van der Waals surface area contributed by atoms with Crippen molar-refractivity contribution >= 4 is 21.9 Å². The summed E-state index contributed by atoms with van der Waals surface area (Å²) in [7, 11) is 0. The lowest BCUT2D eigenvalue weighted by molar-refractivity contribution is -0.141. The number of benzene rings is 1. The summed E-state index contributed by atoms with van der Waals surface area (Å²) in [6.07, 6.45) is 1.80. The van der Waals surface area contributed by atoms with Gasteiger partial charge in [0, 0.05) is 4.47 Å². The second-order valence-corrected chi connectivity index (χ2v) is 4.72. The van der Waals surface area contributed by atoms with Crippen LogP contribution >= 0.6 is 15.9 Å². The number of carboxylic acids is 1. The van der Waals surface area contributed by atoms with Crippen molar-refractivity contribution in [2.75, 3.05) is 0 Å². The summed E-state index contributed by atoms with van der Waals surface area (Å²) >= 11 is 3.19. The third-order valence-corrected chi connectivity index (χ3v) is 2.85. The molecule has 1 aromatic rings. The molecule has 0 saturated carbocycles. The SMILES string of the molecule is CCCC(Cc1cc(F)cc(Br)c1)C(=O)O. The Morgan fingerprint density at radius 2 is 2.19 bits per heavy atom. The fourth-order valence-electron chi connectivity index (χ4n) is 1.67. The topological polar surface area (TPSA) is 37.3 Å². The highest BCUT2D eigenvalue weighted by atomic mass is 79.9. The summed E-state index contributed by atoms with van der Waals surface area (Å²) in [6, 6.07) is 4.50. The third kappa shape index (κ3) is 3.93. The molecule has 0 aliphatic carbocycles. The summed E-state index contributed by atoms with van der Waals surface area (Å²) in [5.41, 5.74) is 0.715. The smallest absolute Gasteiger partial charge is 0.306 e. The number of carbonyl (C=O) groups is 1. The quantitative estimate of drug-likeness (QED) is 0.898. The Hall–Kier alpha value is -0.900. The summed E-state index contributed by atoms with van der Waals surface area (Å²) in [6.45, 7) is 1.94. The van der Waals surface area contributed by atoms with Crippen LogP contribution in [0.5, 0.6) is 0 Å². The van der Waals surface area contributed by atoms with Crippen molar-refractivity contribution in [3.63, 3.8) is 0 Å². The predicted molar refractivity (Wildman–Crippen MR) is 63.8 cm³/mol. The monoisotopic (exact) mass is 288 g/mol. The Morgan fingerprint density at radius 1 is 1.50 bits per heavy atom. The fourth-order valence-corrected chi connectivity index (χ4v) is 2.19. The summed E-state index contributed by atoms with van der Waals surface area (Å²) in [4.78, 5) is 11.0. The molecule has 0 saturated heterocycles. The molecular weight excluding hydrogens is 275 g/mol. The van der Waals surface area contributed by atoms with E-state index in [1.807, 2.05) is 6.92 Å². The maximum Gasteiger partial charge on any atom is 0.306 e. The van der Waals surface area contributed by atoms with Crippen molar-refractivity contribution in [3.8, 4) is 0 Å². The van der Waals surface area contributed by atoms with Gasteiger partial charge in [0.05, 0.1) is 5.92 Å². The standard InChI is InChI=1S/C12H14BrFO2/c1-2-3-9(12(15)16)4-8-5-10(13)7-11(14)6-8/h5-7,9H,2-4H2,1H3,(H,15,16).